The number of carbonyl (C=O) groups excluding carboxylic acids is 1. The molecule has 1 aromatic heterocycles. The number of piperidine rings is 2. The van der Waals surface area contributed by atoms with Crippen molar-refractivity contribution < 1.29 is 13.7 Å². The number of aromatic nitrogens is 2. The molecule has 2 aliphatic rings. The van der Waals surface area contributed by atoms with Crippen molar-refractivity contribution in [1.82, 2.24) is 19.9 Å². The topological polar surface area (TPSA) is 62.5 Å². The van der Waals surface area contributed by atoms with Crippen molar-refractivity contribution in [3.05, 3.63) is 35.5 Å². The Balaban J connectivity index is 1.36. The Hall–Kier alpha value is -2.28. The highest BCUT2D eigenvalue weighted by Crippen LogP contribution is 2.29. The molecule has 2 saturated heterocycles. The van der Waals surface area contributed by atoms with E-state index in [0.717, 1.165) is 57.4 Å². The van der Waals surface area contributed by atoms with Gasteiger partial charge in [0.1, 0.15) is 5.82 Å². The third-order valence-corrected chi connectivity index (χ3v) is 6.31. The van der Waals surface area contributed by atoms with Crippen molar-refractivity contribution in [3.63, 3.8) is 0 Å². The van der Waals surface area contributed by atoms with Crippen molar-refractivity contribution in [1.29, 1.82) is 0 Å². The van der Waals surface area contributed by atoms with E-state index in [-0.39, 0.29) is 17.8 Å². The molecule has 1 aromatic carbocycles. The van der Waals surface area contributed by atoms with Crippen LogP contribution in [0, 0.1) is 18.7 Å². The summed E-state index contributed by atoms with van der Waals surface area (Å²) in [5.41, 5.74) is 1.30. The zero-order chi connectivity index (χ0) is 20.4. The van der Waals surface area contributed by atoms with Gasteiger partial charge in [0.15, 0.2) is 0 Å². The summed E-state index contributed by atoms with van der Waals surface area (Å²) in [5.74, 6) is 1.27. The van der Waals surface area contributed by atoms with Crippen LogP contribution in [0.4, 0.5) is 4.39 Å². The molecular formula is C22H29FN4O2. The van der Waals surface area contributed by atoms with Crippen molar-refractivity contribution in [2.75, 3.05) is 26.2 Å². The first-order valence-corrected chi connectivity index (χ1v) is 10.7. The number of hydrogen-bond donors (Lipinski definition) is 0. The van der Waals surface area contributed by atoms with Crippen LogP contribution in [0.15, 0.2) is 22.7 Å². The number of amides is 1. The van der Waals surface area contributed by atoms with Crippen molar-refractivity contribution in [2.45, 2.75) is 52.0 Å². The van der Waals surface area contributed by atoms with Crippen LogP contribution in [0.1, 0.15) is 56.5 Å². The molecular weight excluding hydrogens is 371 g/mol. The Morgan fingerprint density at radius 3 is 2.59 bits per heavy atom. The minimum atomic E-state index is -0.243. The number of halogens is 1. The van der Waals surface area contributed by atoms with Crippen LogP contribution in [0.3, 0.4) is 0 Å². The molecule has 2 fully saturated rings. The summed E-state index contributed by atoms with van der Waals surface area (Å²) in [6.07, 6.45) is 5.25. The summed E-state index contributed by atoms with van der Waals surface area (Å²) >= 11 is 0. The molecule has 3 heterocycles. The first kappa shape index (κ1) is 20.0. The predicted molar refractivity (Wildman–Crippen MR) is 108 cm³/mol. The number of nitrogens with zero attached hydrogens (tertiary/aromatic N) is 4. The Kier molecular flexibility index (Phi) is 5.94. The molecule has 0 spiro atoms. The molecule has 0 saturated carbocycles. The molecule has 7 heteroatoms. The highest BCUT2D eigenvalue weighted by Gasteiger charge is 2.32. The molecule has 2 aliphatic heterocycles. The number of likely N-dealkylation sites (tertiary alicyclic amines) is 2. The van der Waals surface area contributed by atoms with Gasteiger partial charge in [0, 0.05) is 24.6 Å². The lowest BCUT2D eigenvalue weighted by Crippen LogP contribution is -2.44. The average Bonchev–Trinajstić information content (AvgIpc) is 3.25. The van der Waals surface area contributed by atoms with Crippen LogP contribution in [0.25, 0.3) is 11.4 Å². The van der Waals surface area contributed by atoms with Gasteiger partial charge in [0.25, 0.3) is 0 Å². The van der Waals surface area contributed by atoms with Gasteiger partial charge in [-0.15, -0.1) is 0 Å². The van der Waals surface area contributed by atoms with Crippen molar-refractivity contribution >= 4 is 5.91 Å². The number of rotatable bonds is 4. The van der Waals surface area contributed by atoms with Gasteiger partial charge in [-0.3, -0.25) is 9.69 Å². The summed E-state index contributed by atoms with van der Waals surface area (Å²) < 4.78 is 19.0. The minimum Gasteiger partial charge on any atom is -0.342 e. The third kappa shape index (κ3) is 4.34. The van der Waals surface area contributed by atoms with Crippen LogP contribution >= 0.6 is 0 Å². The smallest absolute Gasteiger partial charge is 0.244 e. The molecule has 0 radical (unpaired) electrons. The molecule has 2 aromatic rings. The number of carbonyl (C=O) groups is 1. The number of aryl methyl sites for hydroxylation is 1. The van der Waals surface area contributed by atoms with E-state index in [0.29, 0.717) is 23.2 Å². The van der Waals surface area contributed by atoms with E-state index in [4.69, 9.17) is 4.52 Å². The second kappa shape index (κ2) is 8.61. The van der Waals surface area contributed by atoms with Gasteiger partial charge in [-0.05, 0) is 82.8 Å². The summed E-state index contributed by atoms with van der Waals surface area (Å²) in [7, 11) is 0. The standard InChI is InChI=1S/C22H29FN4O2/c1-15-14-18(6-7-19(15)23)20-24-21(29-25-20)16(2)26-12-8-17(9-13-26)22(28)27-10-4-3-5-11-27/h6-7,14,16-17H,3-5,8-13H2,1-2H3. The summed E-state index contributed by atoms with van der Waals surface area (Å²) in [4.78, 5) is 21.6. The maximum Gasteiger partial charge on any atom is 0.244 e. The van der Waals surface area contributed by atoms with E-state index in [1.54, 1.807) is 19.1 Å². The first-order valence-electron chi connectivity index (χ1n) is 10.7. The molecule has 0 aliphatic carbocycles. The third-order valence-electron chi connectivity index (χ3n) is 6.31. The molecule has 6 nitrogen and oxygen atoms in total. The van der Waals surface area contributed by atoms with Gasteiger partial charge in [-0.25, -0.2) is 4.39 Å². The van der Waals surface area contributed by atoms with Gasteiger partial charge >= 0.3 is 0 Å². The zero-order valence-electron chi connectivity index (χ0n) is 17.2. The maximum absolute atomic E-state index is 13.5. The number of hydrogen-bond acceptors (Lipinski definition) is 5. The molecule has 1 unspecified atom stereocenters. The van der Waals surface area contributed by atoms with Crippen LogP contribution in [0.5, 0.6) is 0 Å². The summed E-state index contributed by atoms with van der Waals surface area (Å²) in [5, 5.41) is 4.08. The molecule has 4 rings (SSSR count). The molecule has 0 bridgehead atoms. The fourth-order valence-corrected chi connectivity index (χ4v) is 4.37. The fraction of sp³-hybridized carbons (Fsp3) is 0.591. The summed E-state index contributed by atoms with van der Waals surface area (Å²) in [6, 6.07) is 4.81. The van der Waals surface area contributed by atoms with E-state index >= 15 is 0 Å². The summed E-state index contributed by atoms with van der Waals surface area (Å²) in [6.45, 7) is 7.31. The Labute approximate surface area is 171 Å². The van der Waals surface area contributed by atoms with Gasteiger partial charge in [-0.1, -0.05) is 5.16 Å². The average molecular weight is 400 g/mol. The SMILES string of the molecule is Cc1cc(-c2noc(C(C)N3CCC(C(=O)N4CCCCC4)CC3)n2)ccc1F. The molecule has 0 N–H and O–H groups in total. The van der Waals surface area contributed by atoms with E-state index in [9.17, 15) is 9.18 Å². The monoisotopic (exact) mass is 400 g/mol. The highest BCUT2D eigenvalue weighted by atomic mass is 19.1. The lowest BCUT2D eigenvalue weighted by Gasteiger charge is -2.37. The largest absolute Gasteiger partial charge is 0.342 e. The lowest BCUT2D eigenvalue weighted by atomic mass is 9.93. The van der Waals surface area contributed by atoms with Crippen LogP contribution in [-0.2, 0) is 4.79 Å². The Morgan fingerprint density at radius 2 is 1.90 bits per heavy atom. The van der Waals surface area contributed by atoms with E-state index in [1.807, 2.05) is 0 Å². The molecule has 29 heavy (non-hydrogen) atoms. The van der Waals surface area contributed by atoms with Gasteiger partial charge in [0.05, 0.1) is 6.04 Å². The van der Waals surface area contributed by atoms with Crippen molar-refractivity contribution in [2.24, 2.45) is 5.92 Å². The molecule has 156 valence electrons. The van der Waals surface area contributed by atoms with Crippen LogP contribution in [-0.4, -0.2) is 52.0 Å². The second-order valence-electron chi connectivity index (χ2n) is 8.29. The normalized spacial score (nSPS) is 20.0. The van der Waals surface area contributed by atoms with E-state index in [1.165, 1.54) is 12.5 Å². The first-order chi connectivity index (χ1) is 14.0. The Morgan fingerprint density at radius 1 is 1.17 bits per heavy atom. The molecule has 1 atom stereocenters. The Bertz CT molecular complexity index is 854. The zero-order valence-corrected chi connectivity index (χ0v) is 17.2. The van der Waals surface area contributed by atoms with Crippen molar-refractivity contribution in [3.8, 4) is 11.4 Å². The fourth-order valence-electron chi connectivity index (χ4n) is 4.37. The lowest BCUT2D eigenvalue weighted by molar-refractivity contribution is -0.138. The molecule has 1 amide bonds. The second-order valence-corrected chi connectivity index (χ2v) is 8.29. The predicted octanol–water partition coefficient (Wildman–Crippen LogP) is 3.97. The number of benzene rings is 1. The van der Waals surface area contributed by atoms with Crippen LogP contribution in [0.2, 0.25) is 0 Å². The van der Waals surface area contributed by atoms with Gasteiger partial charge < -0.3 is 9.42 Å². The quantitative estimate of drug-likeness (QED) is 0.777. The van der Waals surface area contributed by atoms with Gasteiger partial charge in [-0.2, -0.15) is 4.98 Å². The highest BCUT2D eigenvalue weighted by molar-refractivity contribution is 5.79. The maximum atomic E-state index is 13.5. The van der Waals surface area contributed by atoms with Crippen LogP contribution < -0.4 is 0 Å². The van der Waals surface area contributed by atoms with Gasteiger partial charge in [0.2, 0.25) is 17.6 Å². The van der Waals surface area contributed by atoms with E-state index in [2.05, 4.69) is 26.9 Å². The van der Waals surface area contributed by atoms with E-state index < -0.39 is 0 Å². The minimum absolute atomic E-state index is 0.0103.